The Labute approximate surface area is 105 Å². The maximum absolute atomic E-state index is 5.69. The average Bonchev–Trinajstić information content (AvgIpc) is 2.30. The van der Waals surface area contributed by atoms with Gasteiger partial charge < -0.3 is 10.1 Å². The highest BCUT2D eigenvalue weighted by Crippen LogP contribution is 2.11. The molecular weight excluding hydrogens is 210 g/mol. The number of nitrogens with one attached hydrogen (secondary N) is 1. The Morgan fingerprint density at radius 3 is 2.65 bits per heavy atom. The lowest BCUT2D eigenvalue weighted by Crippen LogP contribution is -2.30. The second kappa shape index (κ2) is 7.91. The number of ether oxygens (including phenoxy) is 1. The molecule has 2 nitrogen and oxygen atoms in total. The predicted octanol–water partition coefficient (Wildman–Crippen LogP) is 3.40. The summed E-state index contributed by atoms with van der Waals surface area (Å²) in [5.74, 6) is 0.943. The molecule has 1 aromatic carbocycles. The minimum absolute atomic E-state index is 0.473. The lowest BCUT2D eigenvalue weighted by atomic mass is 10.1. The van der Waals surface area contributed by atoms with Crippen molar-refractivity contribution >= 4 is 0 Å². The summed E-state index contributed by atoms with van der Waals surface area (Å²) in [5.41, 5.74) is 1.22. The van der Waals surface area contributed by atoms with Crippen LogP contribution in [0, 0.1) is 0 Å². The molecule has 1 rings (SSSR count). The predicted molar refractivity (Wildman–Crippen MR) is 73.4 cm³/mol. The second-order valence-corrected chi connectivity index (χ2v) is 4.37. The number of hydrogen-bond donors (Lipinski definition) is 1. The van der Waals surface area contributed by atoms with Gasteiger partial charge in [0.15, 0.2) is 0 Å². The van der Waals surface area contributed by atoms with Crippen LogP contribution in [0.5, 0.6) is 5.75 Å². The van der Waals surface area contributed by atoms with E-state index in [0.29, 0.717) is 6.04 Å². The molecule has 0 saturated carbocycles. The molecule has 0 aliphatic heterocycles. The lowest BCUT2D eigenvalue weighted by molar-refractivity contribution is 0.285. The first-order chi connectivity index (χ1) is 8.22. The van der Waals surface area contributed by atoms with Crippen LogP contribution in [0.4, 0.5) is 0 Å². The summed E-state index contributed by atoms with van der Waals surface area (Å²) >= 11 is 0. The molecule has 1 atom stereocenters. The first kappa shape index (κ1) is 13.8. The number of para-hydroxylation sites is 1. The summed E-state index contributed by atoms with van der Waals surface area (Å²) in [6, 6.07) is 10.4. The molecule has 17 heavy (non-hydrogen) atoms. The molecule has 0 fully saturated rings. The molecule has 0 saturated heterocycles. The van der Waals surface area contributed by atoms with Crippen molar-refractivity contribution in [3.63, 3.8) is 0 Å². The maximum atomic E-state index is 5.69. The number of hydrogen-bond acceptors (Lipinski definition) is 2. The molecule has 0 aliphatic carbocycles. The van der Waals surface area contributed by atoms with E-state index in [9.17, 15) is 0 Å². The molecule has 0 amide bonds. The van der Waals surface area contributed by atoms with E-state index < -0.39 is 0 Å². The van der Waals surface area contributed by atoms with E-state index in [-0.39, 0.29) is 0 Å². The first-order valence-corrected chi connectivity index (χ1v) is 6.28. The molecule has 0 heterocycles. The summed E-state index contributed by atoms with van der Waals surface area (Å²) < 4.78 is 5.69. The van der Waals surface area contributed by atoms with Crippen LogP contribution in [0.3, 0.4) is 0 Å². The molecule has 0 bridgehead atoms. The zero-order valence-electron chi connectivity index (χ0n) is 10.9. The Bertz CT molecular complexity index is 321. The smallest absolute Gasteiger partial charge is 0.119 e. The SMILES string of the molecule is C=C(C)CC(CCOc1ccccc1)NCC. The fourth-order valence-electron chi connectivity index (χ4n) is 1.82. The van der Waals surface area contributed by atoms with E-state index in [2.05, 4.69) is 25.7 Å². The quantitative estimate of drug-likeness (QED) is 0.695. The maximum Gasteiger partial charge on any atom is 0.119 e. The van der Waals surface area contributed by atoms with Gasteiger partial charge >= 0.3 is 0 Å². The third-order valence-electron chi connectivity index (χ3n) is 2.57. The summed E-state index contributed by atoms with van der Waals surface area (Å²) in [6.07, 6.45) is 2.03. The van der Waals surface area contributed by atoms with Gasteiger partial charge in [0.1, 0.15) is 5.75 Å². The molecule has 0 aromatic heterocycles. The highest BCUT2D eigenvalue weighted by atomic mass is 16.5. The Morgan fingerprint density at radius 1 is 1.35 bits per heavy atom. The topological polar surface area (TPSA) is 21.3 Å². The van der Waals surface area contributed by atoms with Crippen LogP contribution >= 0.6 is 0 Å². The van der Waals surface area contributed by atoms with E-state index in [1.165, 1.54) is 5.57 Å². The third kappa shape index (κ3) is 6.12. The van der Waals surface area contributed by atoms with Crippen LogP contribution < -0.4 is 10.1 Å². The van der Waals surface area contributed by atoms with E-state index in [1.807, 2.05) is 30.3 Å². The molecule has 0 radical (unpaired) electrons. The number of rotatable bonds is 8. The van der Waals surface area contributed by atoms with Crippen molar-refractivity contribution in [1.82, 2.24) is 5.32 Å². The molecule has 1 N–H and O–H groups in total. The molecule has 0 spiro atoms. The Balaban J connectivity index is 2.29. The van der Waals surface area contributed by atoms with Crippen LogP contribution in [-0.4, -0.2) is 19.2 Å². The molecule has 94 valence electrons. The standard InChI is InChI=1S/C15H23NO/c1-4-16-14(12-13(2)3)10-11-17-15-8-6-5-7-9-15/h5-9,14,16H,2,4,10-12H2,1,3H3. The van der Waals surface area contributed by atoms with Crippen LogP contribution in [0.1, 0.15) is 26.7 Å². The van der Waals surface area contributed by atoms with Crippen molar-refractivity contribution in [2.75, 3.05) is 13.2 Å². The van der Waals surface area contributed by atoms with Gasteiger partial charge in [-0.2, -0.15) is 0 Å². The van der Waals surface area contributed by atoms with E-state index in [0.717, 1.165) is 31.7 Å². The van der Waals surface area contributed by atoms with Crippen LogP contribution in [0.2, 0.25) is 0 Å². The lowest BCUT2D eigenvalue weighted by Gasteiger charge is -2.18. The van der Waals surface area contributed by atoms with Crippen LogP contribution in [-0.2, 0) is 0 Å². The Morgan fingerprint density at radius 2 is 2.06 bits per heavy atom. The monoisotopic (exact) mass is 233 g/mol. The van der Waals surface area contributed by atoms with Gasteiger partial charge in [0.25, 0.3) is 0 Å². The molecule has 1 unspecified atom stereocenters. The van der Waals surface area contributed by atoms with Gasteiger partial charge in [0.2, 0.25) is 0 Å². The summed E-state index contributed by atoms with van der Waals surface area (Å²) in [5, 5.41) is 3.46. The van der Waals surface area contributed by atoms with E-state index >= 15 is 0 Å². The molecule has 0 aliphatic rings. The largest absolute Gasteiger partial charge is 0.494 e. The van der Waals surface area contributed by atoms with Crippen molar-refractivity contribution < 1.29 is 4.74 Å². The molecular formula is C15H23NO. The highest BCUT2D eigenvalue weighted by Gasteiger charge is 2.07. The van der Waals surface area contributed by atoms with Gasteiger partial charge in [-0.25, -0.2) is 0 Å². The normalized spacial score (nSPS) is 12.1. The van der Waals surface area contributed by atoms with Crippen LogP contribution in [0.15, 0.2) is 42.5 Å². The van der Waals surface area contributed by atoms with E-state index in [1.54, 1.807) is 0 Å². The van der Waals surface area contributed by atoms with E-state index in [4.69, 9.17) is 4.74 Å². The van der Waals surface area contributed by atoms with Crippen LogP contribution in [0.25, 0.3) is 0 Å². The fourth-order valence-corrected chi connectivity index (χ4v) is 1.82. The summed E-state index contributed by atoms with van der Waals surface area (Å²) in [6.45, 7) is 9.90. The van der Waals surface area contributed by atoms with Crippen molar-refractivity contribution in [2.24, 2.45) is 0 Å². The first-order valence-electron chi connectivity index (χ1n) is 6.28. The minimum atomic E-state index is 0.473. The zero-order chi connectivity index (χ0) is 12.5. The highest BCUT2D eigenvalue weighted by molar-refractivity contribution is 5.20. The Hall–Kier alpha value is -1.28. The van der Waals surface area contributed by atoms with Gasteiger partial charge in [-0.05, 0) is 38.4 Å². The molecule has 1 aromatic rings. The summed E-state index contributed by atoms with van der Waals surface area (Å²) in [4.78, 5) is 0. The second-order valence-electron chi connectivity index (χ2n) is 4.37. The zero-order valence-corrected chi connectivity index (χ0v) is 10.9. The van der Waals surface area contributed by atoms with Gasteiger partial charge in [0, 0.05) is 6.04 Å². The van der Waals surface area contributed by atoms with Gasteiger partial charge in [0.05, 0.1) is 6.61 Å². The summed E-state index contributed by atoms with van der Waals surface area (Å²) in [7, 11) is 0. The third-order valence-corrected chi connectivity index (χ3v) is 2.57. The molecule has 2 heteroatoms. The van der Waals surface area contributed by atoms with Gasteiger partial charge in [-0.15, -0.1) is 6.58 Å². The van der Waals surface area contributed by atoms with Crippen molar-refractivity contribution in [3.8, 4) is 5.75 Å². The Kier molecular flexibility index (Phi) is 6.41. The minimum Gasteiger partial charge on any atom is -0.494 e. The van der Waals surface area contributed by atoms with Crippen molar-refractivity contribution in [2.45, 2.75) is 32.7 Å². The fraction of sp³-hybridized carbons (Fsp3) is 0.467. The van der Waals surface area contributed by atoms with Crippen molar-refractivity contribution in [3.05, 3.63) is 42.5 Å². The van der Waals surface area contributed by atoms with Gasteiger partial charge in [-0.3, -0.25) is 0 Å². The number of benzene rings is 1. The van der Waals surface area contributed by atoms with Crippen molar-refractivity contribution in [1.29, 1.82) is 0 Å². The average molecular weight is 233 g/mol. The van der Waals surface area contributed by atoms with Gasteiger partial charge in [-0.1, -0.05) is 30.7 Å².